The van der Waals surface area contributed by atoms with Gasteiger partial charge in [-0.25, -0.2) is 0 Å². The molecule has 0 bridgehead atoms. The molecule has 2 nitrogen and oxygen atoms in total. The highest BCUT2D eigenvalue weighted by Crippen LogP contribution is 2.44. The van der Waals surface area contributed by atoms with Gasteiger partial charge >= 0.3 is 0 Å². The molecule has 0 fully saturated rings. The van der Waals surface area contributed by atoms with Crippen LogP contribution in [0.15, 0.2) is 24.3 Å². The van der Waals surface area contributed by atoms with Crippen molar-refractivity contribution in [2.75, 3.05) is 0 Å². The lowest BCUT2D eigenvalue weighted by Gasteiger charge is -2.24. The lowest BCUT2D eigenvalue weighted by Crippen LogP contribution is -2.08. The molecule has 2 heteroatoms. The average Bonchev–Trinajstić information content (AvgIpc) is 3.14. The number of benzene rings is 5. The summed E-state index contributed by atoms with van der Waals surface area (Å²) >= 11 is 0. The second-order valence-corrected chi connectivity index (χ2v) is 14.6. The monoisotopic (exact) mass is 670 g/mol. The number of carbonyl (C=O) groups excluding carboxylic acids is 2. The molecule has 0 saturated carbocycles. The third-order valence-electron chi connectivity index (χ3n) is 11.7. The Morgan fingerprint density at radius 3 is 0.820 bits per heavy atom. The maximum absolute atomic E-state index is 12.8. The lowest BCUT2D eigenvalue weighted by atomic mass is 9.79. The van der Waals surface area contributed by atoms with Gasteiger partial charge in [0.2, 0.25) is 0 Å². The van der Waals surface area contributed by atoms with Crippen molar-refractivity contribution in [2.45, 2.75) is 158 Å². The Balaban J connectivity index is 2.09. The first kappa shape index (κ1) is 37.7. The predicted molar refractivity (Wildman–Crippen MR) is 219 cm³/mol. The summed E-state index contributed by atoms with van der Waals surface area (Å²) in [6.45, 7) is 18.4. The summed E-state index contributed by atoms with van der Waals surface area (Å²) in [6.07, 6.45) is 18.5. The minimum Gasteiger partial charge on any atom is -0.298 e. The van der Waals surface area contributed by atoms with Crippen molar-refractivity contribution in [3.63, 3.8) is 0 Å². The van der Waals surface area contributed by atoms with Gasteiger partial charge in [-0.15, -0.1) is 0 Å². The molecular formula is C48H62O2. The number of carbonyl (C=O) groups is 2. The number of aldehydes is 2. The minimum absolute atomic E-state index is 0.623. The molecule has 0 saturated heterocycles. The maximum Gasteiger partial charge on any atom is 0.151 e. The van der Waals surface area contributed by atoms with E-state index in [4.69, 9.17) is 0 Å². The third-order valence-corrected chi connectivity index (χ3v) is 11.7. The van der Waals surface area contributed by atoms with Crippen LogP contribution >= 0.6 is 0 Å². The zero-order valence-electron chi connectivity index (χ0n) is 32.6. The maximum atomic E-state index is 12.8. The van der Waals surface area contributed by atoms with Crippen LogP contribution in [-0.2, 0) is 51.4 Å². The van der Waals surface area contributed by atoms with Crippen LogP contribution in [0, 0.1) is 0 Å². The Bertz CT molecular complexity index is 1880. The van der Waals surface area contributed by atoms with E-state index in [-0.39, 0.29) is 0 Å². The third kappa shape index (κ3) is 6.65. The molecule has 5 aromatic carbocycles. The second-order valence-electron chi connectivity index (χ2n) is 14.6. The summed E-state index contributed by atoms with van der Waals surface area (Å²) in [5, 5.41) is 10.8. The van der Waals surface area contributed by atoms with Crippen LogP contribution < -0.4 is 0 Å². The Morgan fingerprint density at radius 1 is 0.340 bits per heavy atom. The number of aryl methyl sites for hydroxylation is 6. The fourth-order valence-corrected chi connectivity index (χ4v) is 9.21. The van der Waals surface area contributed by atoms with Crippen molar-refractivity contribution in [1.29, 1.82) is 0 Å². The van der Waals surface area contributed by atoms with E-state index in [1.807, 2.05) is 0 Å². The molecule has 0 aliphatic heterocycles. The highest BCUT2D eigenvalue weighted by molar-refractivity contribution is 6.16. The van der Waals surface area contributed by atoms with Gasteiger partial charge in [0.05, 0.1) is 0 Å². The smallest absolute Gasteiger partial charge is 0.151 e. The standard InChI is InChI=1S/C48H62O2/c1-9-17-21-35-41-25-39-33(15-7)31(13-5)32(14-6)34(16-8)40(39)26-42(41)36(22-18-10-2)44-28-46-38(24-20-12-4)48(30-50)47(29-49)37(23-19-11-3)45(46)27-43(35)44/h25-30H,9-24H2,1-8H3. The number of fused-ring (bicyclic) bond motifs is 4. The fourth-order valence-electron chi connectivity index (χ4n) is 9.21. The summed E-state index contributed by atoms with van der Waals surface area (Å²) in [6, 6.07) is 10.1. The summed E-state index contributed by atoms with van der Waals surface area (Å²) in [7, 11) is 0. The molecule has 0 spiro atoms. The van der Waals surface area contributed by atoms with E-state index in [2.05, 4.69) is 79.7 Å². The van der Waals surface area contributed by atoms with Gasteiger partial charge in [0, 0.05) is 11.1 Å². The van der Waals surface area contributed by atoms with Gasteiger partial charge in [0.1, 0.15) is 0 Å². The SMILES string of the molecule is CCCCc1c(C=O)c(C=O)c(CCCC)c2cc3c(CCCC)c4cc5c(CC)c(CC)c(CC)c(CC)c5cc4c(CCCC)c3cc12. The second kappa shape index (κ2) is 17.1. The van der Waals surface area contributed by atoms with Crippen molar-refractivity contribution >= 4 is 55.7 Å². The quantitative estimate of drug-likeness (QED) is 0.0687. The Labute approximate surface area is 302 Å². The number of rotatable bonds is 18. The normalized spacial score (nSPS) is 11.8. The van der Waals surface area contributed by atoms with Gasteiger partial charge in [-0.05, 0) is 189 Å². The molecule has 0 radical (unpaired) electrons. The molecule has 5 aromatic rings. The molecule has 266 valence electrons. The van der Waals surface area contributed by atoms with Crippen molar-refractivity contribution < 1.29 is 9.59 Å². The largest absolute Gasteiger partial charge is 0.298 e. The number of hydrogen-bond donors (Lipinski definition) is 0. The number of hydrogen-bond acceptors (Lipinski definition) is 2. The van der Waals surface area contributed by atoms with Crippen LogP contribution in [0.3, 0.4) is 0 Å². The predicted octanol–water partition coefficient (Wildman–Crippen LogP) is 13.5. The molecule has 0 atom stereocenters. The van der Waals surface area contributed by atoms with Crippen LogP contribution in [0.5, 0.6) is 0 Å². The van der Waals surface area contributed by atoms with E-state index >= 15 is 0 Å². The van der Waals surface area contributed by atoms with E-state index in [0.717, 1.165) is 126 Å². The van der Waals surface area contributed by atoms with Crippen molar-refractivity contribution in [1.82, 2.24) is 0 Å². The molecule has 50 heavy (non-hydrogen) atoms. The van der Waals surface area contributed by atoms with E-state index in [0.29, 0.717) is 11.1 Å². The molecule has 5 rings (SSSR count). The van der Waals surface area contributed by atoms with Gasteiger partial charge in [0.25, 0.3) is 0 Å². The zero-order chi connectivity index (χ0) is 35.9. The molecule has 0 heterocycles. The first-order chi connectivity index (χ1) is 24.4. The van der Waals surface area contributed by atoms with Crippen LogP contribution in [0.25, 0.3) is 43.1 Å². The van der Waals surface area contributed by atoms with Crippen molar-refractivity contribution in [3.8, 4) is 0 Å². The minimum atomic E-state index is 0.623. The first-order valence-corrected chi connectivity index (χ1v) is 20.3. The number of unbranched alkanes of at least 4 members (excludes halogenated alkanes) is 4. The molecule has 0 unspecified atom stereocenters. The average molecular weight is 671 g/mol. The molecule has 0 N–H and O–H groups in total. The molecule has 0 aliphatic rings. The van der Waals surface area contributed by atoms with Crippen molar-refractivity contribution in [3.05, 3.63) is 79.9 Å². The molecular weight excluding hydrogens is 609 g/mol. The highest BCUT2D eigenvalue weighted by atomic mass is 16.1. The van der Waals surface area contributed by atoms with E-state index < -0.39 is 0 Å². The van der Waals surface area contributed by atoms with Gasteiger partial charge < -0.3 is 0 Å². The van der Waals surface area contributed by atoms with Crippen molar-refractivity contribution in [2.24, 2.45) is 0 Å². The summed E-state index contributed by atoms with van der Waals surface area (Å²) in [5.74, 6) is 0. The van der Waals surface area contributed by atoms with E-state index in [9.17, 15) is 9.59 Å². The molecule has 0 aliphatic carbocycles. The lowest BCUT2D eigenvalue weighted by molar-refractivity contribution is 0.109. The van der Waals surface area contributed by atoms with E-state index in [1.165, 1.54) is 65.3 Å². The fraction of sp³-hybridized carbons (Fsp3) is 0.500. The van der Waals surface area contributed by atoms with Gasteiger partial charge in [-0.2, -0.15) is 0 Å². The van der Waals surface area contributed by atoms with Gasteiger partial charge in [-0.1, -0.05) is 81.1 Å². The van der Waals surface area contributed by atoms with Crippen LogP contribution in [0.1, 0.15) is 172 Å². The topological polar surface area (TPSA) is 34.1 Å². The Hall–Kier alpha value is -3.52. The molecule has 0 amide bonds. The Kier molecular flexibility index (Phi) is 12.9. The highest BCUT2D eigenvalue weighted by Gasteiger charge is 2.24. The summed E-state index contributed by atoms with van der Waals surface area (Å²) in [5.41, 5.74) is 12.5. The Morgan fingerprint density at radius 2 is 0.580 bits per heavy atom. The summed E-state index contributed by atoms with van der Waals surface area (Å²) in [4.78, 5) is 25.7. The first-order valence-electron chi connectivity index (χ1n) is 20.3. The molecule has 0 aromatic heterocycles. The van der Waals surface area contributed by atoms with Crippen LogP contribution in [0.2, 0.25) is 0 Å². The van der Waals surface area contributed by atoms with Gasteiger partial charge in [-0.3, -0.25) is 9.59 Å². The van der Waals surface area contributed by atoms with Crippen LogP contribution in [0.4, 0.5) is 0 Å². The van der Waals surface area contributed by atoms with E-state index in [1.54, 1.807) is 11.1 Å². The zero-order valence-corrected chi connectivity index (χ0v) is 32.6. The van der Waals surface area contributed by atoms with Gasteiger partial charge in [0.15, 0.2) is 12.6 Å². The summed E-state index contributed by atoms with van der Waals surface area (Å²) < 4.78 is 0. The van der Waals surface area contributed by atoms with Crippen LogP contribution in [-0.4, -0.2) is 12.6 Å².